The molecule has 0 aromatic carbocycles. The van der Waals surface area contributed by atoms with Gasteiger partial charge in [-0.15, -0.1) is 0 Å². The normalized spacial score (nSPS) is 33.2. The summed E-state index contributed by atoms with van der Waals surface area (Å²) < 4.78 is 51.5. The minimum atomic E-state index is -5.40. The van der Waals surface area contributed by atoms with E-state index in [0.717, 1.165) is 0 Å². The van der Waals surface area contributed by atoms with Crippen molar-refractivity contribution in [3.8, 4) is 0 Å². The van der Waals surface area contributed by atoms with E-state index in [1.807, 2.05) is 0 Å². The van der Waals surface area contributed by atoms with Crippen LogP contribution in [0.25, 0.3) is 0 Å². The van der Waals surface area contributed by atoms with Crippen LogP contribution in [0.1, 0.15) is 13.3 Å². The van der Waals surface area contributed by atoms with Gasteiger partial charge in [0.2, 0.25) is 0 Å². The first-order valence-electron chi connectivity index (χ1n) is 7.25. The molecule has 15 nitrogen and oxygen atoms in total. The zero-order chi connectivity index (χ0) is 21.2. The van der Waals surface area contributed by atoms with Gasteiger partial charge in [-0.3, -0.25) is 13.6 Å². The summed E-state index contributed by atoms with van der Waals surface area (Å²) in [5, 5.41) is 20.4. The van der Waals surface area contributed by atoms with Gasteiger partial charge in [0.25, 0.3) is 0 Å². The van der Waals surface area contributed by atoms with Crippen LogP contribution >= 0.6 is 23.5 Å². The van der Waals surface area contributed by atoms with Gasteiger partial charge in [-0.2, -0.15) is 0 Å². The Labute approximate surface area is 152 Å². The number of phosphoric acid groups is 3. The Hall–Kier alpha value is 0.210. The maximum atomic E-state index is 11.2. The molecule has 1 aliphatic rings. The summed E-state index contributed by atoms with van der Waals surface area (Å²) in [5.74, 6) is 0. The Morgan fingerprint density at radius 2 is 1.04 bits per heavy atom. The van der Waals surface area contributed by atoms with E-state index in [4.69, 9.17) is 34.1 Å². The fourth-order valence-electron chi connectivity index (χ4n) is 2.44. The van der Waals surface area contributed by atoms with Gasteiger partial charge in [-0.05, 0) is 6.42 Å². The van der Waals surface area contributed by atoms with Crippen LogP contribution in [-0.4, -0.2) is 82.8 Å². The molecule has 8 N–H and O–H groups in total. The van der Waals surface area contributed by atoms with Crippen LogP contribution in [0.2, 0.25) is 0 Å². The molecule has 0 saturated heterocycles. The molecule has 1 fully saturated rings. The molecule has 1 rings (SSSR count). The quantitative estimate of drug-likeness (QED) is 0.172. The van der Waals surface area contributed by atoms with Crippen molar-refractivity contribution in [2.24, 2.45) is 0 Å². The third kappa shape index (κ3) is 8.23. The highest BCUT2D eigenvalue weighted by molar-refractivity contribution is 7.46. The third-order valence-electron chi connectivity index (χ3n) is 3.29. The average Bonchev–Trinajstić information content (AvgIpc) is 2.44. The molecule has 162 valence electrons. The predicted molar refractivity (Wildman–Crippen MR) is 82.8 cm³/mol. The summed E-state index contributed by atoms with van der Waals surface area (Å²) in [5.41, 5.74) is 0. The van der Waals surface area contributed by atoms with Crippen molar-refractivity contribution >= 4 is 23.5 Å². The van der Waals surface area contributed by atoms with Crippen LogP contribution in [0.5, 0.6) is 0 Å². The number of hydrogen-bond acceptors (Lipinski definition) is 9. The molecule has 6 atom stereocenters. The summed E-state index contributed by atoms with van der Waals surface area (Å²) >= 11 is 0. The van der Waals surface area contributed by atoms with Gasteiger partial charge in [0, 0.05) is 6.61 Å². The van der Waals surface area contributed by atoms with Gasteiger partial charge < -0.3 is 44.3 Å². The highest BCUT2D eigenvalue weighted by atomic mass is 31.2. The Bertz CT molecular complexity index is 622. The Kier molecular flexibility index (Phi) is 8.74. The van der Waals surface area contributed by atoms with Crippen LogP contribution in [-0.2, 0) is 32.0 Å². The summed E-state index contributed by atoms with van der Waals surface area (Å²) in [4.78, 5) is 53.8. The lowest BCUT2D eigenvalue weighted by atomic mass is 9.85. The molecule has 0 radical (unpaired) electrons. The molecular weight excluding hydrogens is 441 g/mol. The van der Waals surface area contributed by atoms with Crippen molar-refractivity contribution in [1.29, 1.82) is 0 Å². The number of rotatable bonds is 9. The minimum absolute atomic E-state index is 0.163. The van der Waals surface area contributed by atoms with Crippen LogP contribution in [0.15, 0.2) is 0 Å². The first-order chi connectivity index (χ1) is 12.1. The van der Waals surface area contributed by atoms with E-state index in [0.29, 0.717) is 6.42 Å². The minimum Gasteiger partial charge on any atom is -0.387 e. The molecule has 0 unspecified atom stereocenters. The van der Waals surface area contributed by atoms with Gasteiger partial charge in [0.05, 0.1) is 0 Å². The molecular formula is C9H21O15P3. The van der Waals surface area contributed by atoms with Crippen LogP contribution in [0.3, 0.4) is 0 Å². The lowest BCUT2D eigenvalue weighted by Gasteiger charge is -2.46. The van der Waals surface area contributed by atoms with Gasteiger partial charge in [0.15, 0.2) is 0 Å². The fraction of sp³-hybridized carbons (Fsp3) is 1.00. The van der Waals surface area contributed by atoms with E-state index >= 15 is 0 Å². The number of ether oxygens (including phenoxy) is 1. The molecule has 0 amide bonds. The maximum Gasteiger partial charge on any atom is 0.470 e. The van der Waals surface area contributed by atoms with Gasteiger partial charge >= 0.3 is 23.5 Å². The van der Waals surface area contributed by atoms with Gasteiger partial charge in [0.1, 0.15) is 36.6 Å². The van der Waals surface area contributed by atoms with Crippen molar-refractivity contribution in [2.75, 3.05) is 6.61 Å². The number of aliphatic hydroxyl groups is 2. The largest absolute Gasteiger partial charge is 0.470 e. The molecule has 0 aliphatic heterocycles. The van der Waals surface area contributed by atoms with E-state index in [1.165, 1.54) is 0 Å². The molecule has 1 saturated carbocycles. The Morgan fingerprint density at radius 1 is 0.667 bits per heavy atom. The number of aliphatic hydroxyl groups excluding tert-OH is 2. The molecule has 0 heterocycles. The summed E-state index contributed by atoms with van der Waals surface area (Å²) in [6.45, 7) is 1.44. The molecule has 18 heteroatoms. The van der Waals surface area contributed by atoms with Crippen molar-refractivity contribution in [3.05, 3.63) is 0 Å². The monoisotopic (exact) mass is 462 g/mol. The van der Waals surface area contributed by atoms with E-state index in [2.05, 4.69) is 13.6 Å². The smallest absolute Gasteiger partial charge is 0.387 e. The highest BCUT2D eigenvalue weighted by Gasteiger charge is 2.57. The zero-order valence-electron chi connectivity index (χ0n) is 13.7. The molecule has 0 bridgehead atoms. The summed E-state index contributed by atoms with van der Waals surface area (Å²) in [6.07, 6.45) is -12.6. The first kappa shape index (κ1) is 25.2. The average molecular weight is 462 g/mol. The van der Waals surface area contributed by atoms with Crippen LogP contribution < -0.4 is 0 Å². The van der Waals surface area contributed by atoms with Crippen molar-refractivity contribution in [3.63, 3.8) is 0 Å². The van der Waals surface area contributed by atoms with E-state index in [-0.39, 0.29) is 6.61 Å². The van der Waals surface area contributed by atoms with Gasteiger partial charge in [-0.1, -0.05) is 6.92 Å². The summed E-state index contributed by atoms with van der Waals surface area (Å²) in [6, 6.07) is 0. The number of hydrogen-bond donors (Lipinski definition) is 8. The van der Waals surface area contributed by atoms with E-state index < -0.39 is 60.1 Å². The van der Waals surface area contributed by atoms with Crippen molar-refractivity contribution in [1.82, 2.24) is 0 Å². The highest BCUT2D eigenvalue weighted by Crippen LogP contribution is 2.49. The third-order valence-corrected chi connectivity index (χ3v) is 4.84. The van der Waals surface area contributed by atoms with E-state index in [9.17, 15) is 23.9 Å². The lowest BCUT2D eigenvalue weighted by molar-refractivity contribution is -0.225. The molecule has 1 aliphatic carbocycles. The molecule has 0 aromatic heterocycles. The fourth-order valence-corrected chi connectivity index (χ4v) is 4.13. The second-order valence-electron chi connectivity index (χ2n) is 5.50. The van der Waals surface area contributed by atoms with Crippen LogP contribution in [0, 0.1) is 0 Å². The Morgan fingerprint density at radius 3 is 1.44 bits per heavy atom. The summed E-state index contributed by atoms with van der Waals surface area (Å²) in [7, 11) is -16.1. The van der Waals surface area contributed by atoms with Crippen molar-refractivity contribution in [2.45, 2.75) is 50.0 Å². The number of phosphoric ester groups is 3. The molecule has 0 aromatic rings. The predicted octanol–water partition coefficient (Wildman–Crippen LogP) is -2.05. The first-order valence-corrected chi connectivity index (χ1v) is 11.8. The second-order valence-corrected chi connectivity index (χ2v) is 9.07. The van der Waals surface area contributed by atoms with Crippen molar-refractivity contribution < 1.29 is 71.6 Å². The Balaban J connectivity index is 3.37. The van der Waals surface area contributed by atoms with Crippen LogP contribution in [0.4, 0.5) is 0 Å². The lowest BCUT2D eigenvalue weighted by Crippen LogP contribution is -2.65. The SMILES string of the molecule is CCCO[C@H]1[C@@H](O)[C@@H](OP(=O)(O)O)[C@H](O)[C@@H](OP(=O)(O)O)[C@@H]1OP(=O)(O)O. The zero-order valence-corrected chi connectivity index (χ0v) is 16.3. The topological polar surface area (TPSA) is 250 Å². The molecule has 27 heavy (non-hydrogen) atoms. The maximum absolute atomic E-state index is 11.2. The van der Waals surface area contributed by atoms with E-state index in [1.54, 1.807) is 6.92 Å². The standard InChI is InChI=1S/C9H21O15P3/c1-2-3-21-7-4(10)6(22-25(12,13)14)5(11)8(23-26(15,16)17)9(7)24-27(18,19)20/h4-11H,2-3H2,1H3,(H2,12,13,14)(H2,15,16,17)(H2,18,19,20)/t4-,5-,6+,7-,8+,9+/m0/s1. The van der Waals surface area contributed by atoms with Gasteiger partial charge in [-0.25, -0.2) is 13.7 Å². The molecule has 0 spiro atoms. The second kappa shape index (κ2) is 9.35.